The number of carbonyl (C=O) groups excluding carboxylic acids is 1. The van der Waals surface area contributed by atoms with Gasteiger partial charge in [-0.1, -0.05) is 44.2 Å². The highest BCUT2D eigenvalue weighted by atomic mass is 16.5. The summed E-state index contributed by atoms with van der Waals surface area (Å²) in [6, 6.07) is 13.8. The lowest BCUT2D eigenvalue weighted by molar-refractivity contribution is -0.122. The molecule has 1 N–H and O–H groups in total. The van der Waals surface area contributed by atoms with E-state index in [9.17, 15) is 4.79 Å². The summed E-state index contributed by atoms with van der Waals surface area (Å²) >= 11 is 0. The predicted octanol–water partition coefficient (Wildman–Crippen LogP) is 4.66. The van der Waals surface area contributed by atoms with Crippen LogP contribution in [0.15, 0.2) is 42.5 Å². The Morgan fingerprint density at radius 2 is 1.87 bits per heavy atom. The van der Waals surface area contributed by atoms with E-state index in [0.29, 0.717) is 6.42 Å². The Kier molecular flexibility index (Phi) is 5.80. The van der Waals surface area contributed by atoms with E-state index in [0.717, 1.165) is 34.5 Å². The molecule has 0 spiro atoms. The van der Waals surface area contributed by atoms with Gasteiger partial charge in [-0.2, -0.15) is 0 Å². The van der Waals surface area contributed by atoms with Gasteiger partial charge in [0.25, 0.3) is 5.91 Å². The van der Waals surface area contributed by atoms with Gasteiger partial charge in [0.2, 0.25) is 0 Å². The molecule has 23 heavy (non-hydrogen) atoms. The van der Waals surface area contributed by atoms with Crippen LogP contribution in [0.25, 0.3) is 0 Å². The number of aryl methyl sites for hydroxylation is 3. The van der Waals surface area contributed by atoms with Gasteiger partial charge in [0.15, 0.2) is 6.10 Å². The molecule has 3 heteroatoms. The van der Waals surface area contributed by atoms with E-state index in [4.69, 9.17) is 4.74 Å². The van der Waals surface area contributed by atoms with Crippen molar-refractivity contribution in [1.82, 2.24) is 0 Å². The zero-order valence-corrected chi connectivity index (χ0v) is 14.3. The number of para-hydroxylation sites is 1. The molecule has 122 valence electrons. The van der Waals surface area contributed by atoms with Crippen molar-refractivity contribution >= 4 is 11.6 Å². The van der Waals surface area contributed by atoms with Gasteiger partial charge in [0.1, 0.15) is 5.75 Å². The highest BCUT2D eigenvalue weighted by Crippen LogP contribution is 2.22. The highest BCUT2D eigenvalue weighted by Gasteiger charge is 2.20. The number of hydrogen-bond donors (Lipinski definition) is 1. The second kappa shape index (κ2) is 7.82. The maximum atomic E-state index is 12.6. The lowest BCUT2D eigenvalue weighted by Gasteiger charge is -2.19. The summed E-state index contributed by atoms with van der Waals surface area (Å²) in [5.74, 6) is 0.630. The second-order valence-electron chi connectivity index (χ2n) is 5.78. The number of hydrogen-bond acceptors (Lipinski definition) is 2. The largest absolute Gasteiger partial charge is 0.481 e. The normalized spacial score (nSPS) is 11.8. The highest BCUT2D eigenvalue weighted by molar-refractivity contribution is 5.95. The lowest BCUT2D eigenvalue weighted by Crippen LogP contribution is -2.33. The molecule has 0 bridgehead atoms. The Hall–Kier alpha value is -2.29. The first-order valence-corrected chi connectivity index (χ1v) is 8.17. The lowest BCUT2D eigenvalue weighted by atomic mass is 10.1. The van der Waals surface area contributed by atoms with E-state index in [-0.39, 0.29) is 5.91 Å². The van der Waals surface area contributed by atoms with Crippen molar-refractivity contribution in [1.29, 1.82) is 0 Å². The van der Waals surface area contributed by atoms with Gasteiger partial charge in [0.05, 0.1) is 0 Å². The van der Waals surface area contributed by atoms with E-state index in [2.05, 4.69) is 12.2 Å². The average molecular weight is 311 g/mol. The zero-order chi connectivity index (χ0) is 16.8. The van der Waals surface area contributed by atoms with Gasteiger partial charge >= 0.3 is 0 Å². The molecule has 2 rings (SSSR count). The van der Waals surface area contributed by atoms with E-state index in [1.165, 1.54) is 0 Å². The van der Waals surface area contributed by atoms with Crippen LogP contribution in [0.3, 0.4) is 0 Å². The Bertz CT molecular complexity index is 679. The Balaban J connectivity index is 2.15. The number of carbonyl (C=O) groups is 1. The van der Waals surface area contributed by atoms with Crippen LogP contribution in [0.1, 0.15) is 37.0 Å². The minimum absolute atomic E-state index is 0.0991. The van der Waals surface area contributed by atoms with Crippen molar-refractivity contribution in [2.45, 2.75) is 46.6 Å². The summed E-state index contributed by atoms with van der Waals surface area (Å²) in [5.41, 5.74) is 4.24. The van der Waals surface area contributed by atoms with Crippen LogP contribution in [0.2, 0.25) is 0 Å². The van der Waals surface area contributed by atoms with Crippen LogP contribution < -0.4 is 10.1 Å². The van der Waals surface area contributed by atoms with Crippen LogP contribution in [-0.2, 0) is 11.2 Å². The third-order valence-electron chi connectivity index (χ3n) is 3.92. The molecule has 2 aromatic rings. The minimum Gasteiger partial charge on any atom is -0.481 e. The molecule has 0 aliphatic carbocycles. The van der Waals surface area contributed by atoms with Gasteiger partial charge in [-0.05, 0) is 55.5 Å². The average Bonchev–Trinajstić information content (AvgIpc) is 2.54. The molecule has 0 heterocycles. The van der Waals surface area contributed by atoms with E-state index < -0.39 is 6.10 Å². The van der Waals surface area contributed by atoms with Crippen molar-refractivity contribution in [2.24, 2.45) is 0 Å². The first-order chi connectivity index (χ1) is 11.0. The van der Waals surface area contributed by atoms with E-state index >= 15 is 0 Å². The molecule has 0 aromatic heterocycles. The quantitative estimate of drug-likeness (QED) is 0.842. The monoisotopic (exact) mass is 311 g/mol. The number of nitrogens with one attached hydrogen (secondary N) is 1. The fourth-order valence-electron chi connectivity index (χ4n) is 2.58. The summed E-state index contributed by atoms with van der Waals surface area (Å²) < 4.78 is 5.88. The fraction of sp³-hybridized carbons (Fsp3) is 0.350. The molecule has 0 unspecified atom stereocenters. The van der Waals surface area contributed by atoms with Crippen LogP contribution in [0, 0.1) is 13.8 Å². The van der Waals surface area contributed by atoms with Crippen LogP contribution >= 0.6 is 0 Å². The summed E-state index contributed by atoms with van der Waals surface area (Å²) in [4.78, 5) is 12.6. The third kappa shape index (κ3) is 4.35. The number of rotatable bonds is 6. The summed E-state index contributed by atoms with van der Waals surface area (Å²) in [7, 11) is 0. The Labute approximate surface area is 138 Å². The number of benzene rings is 2. The summed E-state index contributed by atoms with van der Waals surface area (Å²) in [5, 5.41) is 3.05. The third-order valence-corrected chi connectivity index (χ3v) is 3.92. The molecule has 2 aromatic carbocycles. The summed E-state index contributed by atoms with van der Waals surface area (Å²) in [6.45, 7) is 8.06. The van der Waals surface area contributed by atoms with Crippen molar-refractivity contribution in [2.75, 3.05) is 5.32 Å². The molecule has 1 amide bonds. The van der Waals surface area contributed by atoms with Gasteiger partial charge in [-0.3, -0.25) is 4.79 Å². The first-order valence-electron chi connectivity index (χ1n) is 8.17. The molecule has 0 fully saturated rings. The van der Waals surface area contributed by atoms with Gasteiger partial charge in [-0.25, -0.2) is 0 Å². The molecule has 0 aliphatic rings. The molecule has 0 saturated carbocycles. The SMILES string of the molecule is CCc1cccc(C)c1NC(=O)[C@@H](CC)Oc1cccc(C)c1. The van der Waals surface area contributed by atoms with Crippen molar-refractivity contribution in [3.8, 4) is 5.75 Å². The number of ether oxygens (including phenoxy) is 1. The van der Waals surface area contributed by atoms with Gasteiger partial charge < -0.3 is 10.1 Å². The molecule has 0 saturated heterocycles. The van der Waals surface area contributed by atoms with Crippen LogP contribution in [-0.4, -0.2) is 12.0 Å². The van der Waals surface area contributed by atoms with Crippen molar-refractivity contribution < 1.29 is 9.53 Å². The summed E-state index contributed by atoms with van der Waals surface area (Å²) in [6.07, 6.45) is 1.00. The molecular formula is C20H25NO2. The van der Waals surface area contributed by atoms with Crippen LogP contribution in [0.5, 0.6) is 5.75 Å². The predicted molar refractivity (Wildman–Crippen MR) is 95.1 cm³/mol. The second-order valence-corrected chi connectivity index (χ2v) is 5.78. The topological polar surface area (TPSA) is 38.3 Å². The number of amides is 1. The maximum absolute atomic E-state index is 12.6. The minimum atomic E-state index is -0.499. The van der Waals surface area contributed by atoms with Gasteiger partial charge in [0, 0.05) is 5.69 Å². The standard InChI is InChI=1S/C20H25NO2/c1-5-16-11-8-10-15(4)19(16)21-20(22)18(6-2)23-17-12-7-9-14(3)13-17/h7-13,18H,5-6H2,1-4H3,(H,21,22)/t18-/m1/s1. The maximum Gasteiger partial charge on any atom is 0.265 e. The van der Waals surface area contributed by atoms with Crippen molar-refractivity contribution in [3.63, 3.8) is 0 Å². The van der Waals surface area contributed by atoms with Crippen molar-refractivity contribution in [3.05, 3.63) is 59.2 Å². The smallest absolute Gasteiger partial charge is 0.265 e. The first kappa shape index (κ1) is 17.1. The molecular weight excluding hydrogens is 286 g/mol. The number of anilines is 1. The Morgan fingerprint density at radius 3 is 2.52 bits per heavy atom. The van der Waals surface area contributed by atoms with Crippen LogP contribution in [0.4, 0.5) is 5.69 Å². The fourth-order valence-corrected chi connectivity index (χ4v) is 2.58. The van der Waals surface area contributed by atoms with E-state index in [1.807, 2.05) is 63.2 Å². The Morgan fingerprint density at radius 1 is 1.13 bits per heavy atom. The molecule has 0 aliphatic heterocycles. The van der Waals surface area contributed by atoms with E-state index in [1.54, 1.807) is 0 Å². The molecule has 3 nitrogen and oxygen atoms in total. The zero-order valence-electron chi connectivity index (χ0n) is 14.3. The molecule has 0 radical (unpaired) electrons. The molecule has 1 atom stereocenters. The van der Waals surface area contributed by atoms with Gasteiger partial charge in [-0.15, -0.1) is 0 Å².